The summed E-state index contributed by atoms with van der Waals surface area (Å²) >= 11 is 0. The number of hydrogen-bond acceptors (Lipinski definition) is 4. The van der Waals surface area contributed by atoms with Crippen LogP contribution in [0.4, 0.5) is 0 Å². The van der Waals surface area contributed by atoms with Crippen LogP contribution in [0.3, 0.4) is 0 Å². The minimum absolute atomic E-state index is 0.0655. The number of carbonyl (C=O) groups is 2. The zero-order valence-electron chi connectivity index (χ0n) is 17.9. The van der Waals surface area contributed by atoms with E-state index in [2.05, 4.69) is 15.6 Å². The number of nitrogens with zero attached hydrogens (tertiary/aromatic N) is 1. The molecule has 1 aliphatic heterocycles. The lowest BCUT2D eigenvalue weighted by Crippen LogP contribution is -2.26. The van der Waals surface area contributed by atoms with Crippen molar-refractivity contribution in [2.45, 2.75) is 32.4 Å². The average Bonchev–Trinajstić information content (AvgIpc) is 3.66. The molecule has 0 radical (unpaired) electrons. The summed E-state index contributed by atoms with van der Waals surface area (Å²) in [7, 11) is 0. The van der Waals surface area contributed by atoms with Crippen LogP contribution >= 0.6 is 0 Å². The Bertz CT molecular complexity index is 1190. The molecular weight excluding hydrogens is 402 g/mol. The number of carbonyl (C=O) groups excluding carboxylic acids is 2. The van der Waals surface area contributed by atoms with Gasteiger partial charge in [0.15, 0.2) is 0 Å². The van der Waals surface area contributed by atoms with Crippen LogP contribution in [0, 0.1) is 5.92 Å². The molecule has 3 aromatic rings. The van der Waals surface area contributed by atoms with Crippen molar-refractivity contribution in [3.05, 3.63) is 83.2 Å². The third-order valence-electron chi connectivity index (χ3n) is 6.02. The molecule has 5 rings (SSSR count). The highest BCUT2D eigenvalue weighted by atomic mass is 16.5. The molecule has 1 aliphatic carbocycles. The van der Waals surface area contributed by atoms with Gasteiger partial charge in [0, 0.05) is 41.5 Å². The van der Waals surface area contributed by atoms with Crippen molar-refractivity contribution in [2.75, 3.05) is 6.54 Å². The third-order valence-corrected chi connectivity index (χ3v) is 6.02. The molecule has 2 amide bonds. The van der Waals surface area contributed by atoms with Gasteiger partial charge >= 0.3 is 0 Å². The van der Waals surface area contributed by atoms with Crippen LogP contribution in [0.2, 0.25) is 0 Å². The van der Waals surface area contributed by atoms with E-state index in [4.69, 9.17) is 4.74 Å². The largest absolute Gasteiger partial charge is 0.484 e. The minimum atomic E-state index is -0.166. The number of aromatic nitrogens is 1. The Balaban J connectivity index is 1.27. The van der Waals surface area contributed by atoms with E-state index in [0.717, 1.165) is 34.5 Å². The van der Waals surface area contributed by atoms with Crippen molar-refractivity contribution in [3.8, 4) is 16.9 Å². The Labute approximate surface area is 187 Å². The summed E-state index contributed by atoms with van der Waals surface area (Å²) < 4.78 is 5.96. The second-order valence-corrected chi connectivity index (χ2v) is 8.47. The molecule has 0 bridgehead atoms. The van der Waals surface area contributed by atoms with Gasteiger partial charge in [-0.05, 0) is 67.1 Å². The Morgan fingerprint density at radius 3 is 2.66 bits per heavy atom. The second-order valence-electron chi connectivity index (χ2n) is 8.47. The van der Waals surface area contributed by atoms with E-state index in [1.165, 1.54) is 12.8 Å². The SMILES string of the molecule is CC1Oc2cnccc2-c2ccc(C(=O)NCc3cccc(C(=O)NCC4CC4)c3)cc21. The highest BCUT2D eigenvalue weighted by Crippen LogP contribution is 2.41. The van der Waals surface area contributed by atoms with E-state index >= 15 is 0 Å². The number of ether oxygens (including phenoxy) is 1. The van der Waals surface area contributed by atoms with Crippen LogP contribution in [0.15, 0.2) is 60.9 Å². The predicted molar refractivity (Wildman–Crippen MR) is 121 cm³/mol. The summed E-state index contributed by atoms with van der Waals surface area (Å²) in [6.45, 7) is 3.05. The molecule has 2 aliphatic rings. The normalized spacial score (nSPS) is 16.3. The fourth-order valence-corrected chi connectivity index (χ4v) is 4.00. The lowest BCUT2D eigenvalue weighted by Gasteiger charge is -2.26. The molecule has 1 fully saturated rings. The maximum atomic E-state index is 12.8. The van der Waals surface area contributed by atoms with Gasteiger partial charge in [0.1, 0.15) is 11.9 Å². The third kappa shape index (κ3) is 4.21. The van der Waals surface area contributed by atoms with Crippen LogP contribution in [-0.4, -0.2) is 23.3 Å². The molecule has 0 saturated heterocycles. The quantitative estimate of drug-likeness (QED) is 0.616. The van der Waals surface area contributed by atoms with Crippen molar-refractivity contribution in [1.82, 2.24) is 15.6 Å². The second kappa shape index (κ2) is 8.46. The fraction of sp³-hybridized carbons (Fsp3) is 0.269. The molecular formula is C26H25N3O3. The molecule has 2 N–H and O–H groups in total. The molecule has 1 atom stereocenters. The van der Waals surface area contributed by atoms with Crippen molar-refractivity contribution in [3.63, 3.8) is 0 Å². The summed E-state index contributed by atoms with van der Waals surface area (Å²) in [6, 6.07) is 15.0. The van der Waals surface area contributed by atoms with Crippen LogP contribution in [-0.2, 0) is 6.54 Å². The lowest BCUT2D eigenvalue weighted by atomic mass is 9.92. The Morgan fingerprint density at radius 2 is 1.81 bits per heavy atom. The fourth-order valence-electron chi connectivity index (χ4n) is 4.00. The number of amides is 2. The Kier molecular flexibility index (Phi) is 5.35. The molecule has 1 unspecified atom stereocenters. The maximum Gasteiger partial charge on any atom is 0.251 e. The van der Waals surface area contributed by atoms with Crippen LogP contribution in [0.1, 0.15) is 57.7 Å². The first-order chi connectivity index (χ1) is 15.6. The van der Waals surface area contributed by atoms with Crippen molar-refractivity contribution >= 4 is 11.8 Å². The van der Waals surface area contributed by atoms with Gasteiger partial charge in [0.25, 0.3) is 11.8 Å². The molecule has 1 saturated carbocycles. The molecule has 2 heterocycles. The maximum absolute atomic E-state index is 12.8. The van der Waals surface area contributed by atoms with E-state index < -0.39 is 0 Å². The minimum Gasteiger partial charge on any atom is -0.484 e. The highest BCUT2D eigenvalue weighted by molar-refractivity contribution is 5.96. The van der Waals surface area contributed by atoms with Crippen LogP contribution < -0.4 is 15.4 Å². The highest BCUT2D eigenvalue weighted by Gasteiger charge is 2.24. The van der Waals surface area contributed by atoms with Crippen molar-refractivity contribution in [2.24, 2.45) is 5.92 Å². The van der Waals surface area contributed by atoms with E-state index in [9.17, 15) is 9.59 Å². The van der Waals surface area contributed by atoms with Gasteiger partial charge in [-0.15, -0.1) is 0 Å². The predicted octanol–water partition coefficient (Wildman–Crippen LogP) is 4.27. The van der Waals surface area contributed by atoms with Crippen LogP contribution in [0.25, 0.3) is 11.1 Å². The number of fused-ring (bicyclic) bond motifs is 3. The standard InChI is InChI=1S/C26H25N3O3/c1-16-23-12-20(7-8-21(23)22-9-10-27-15-24(22)32-16)26(31)29-14-18-3-2-4-19(11-18)25(30)28-13-17-5-6-17/h2-4,7-12,15-17H,5-6,13-14H2,1H3,(H,28,30)(H,29,31). The number of nitrogens with one attached hydrogen (secondary N) is 2. The first-order valence-corrected chi connectivity index (χ1v) is 11.0. The Hall–Kier alpha value is -3.67. The van der Waals surface area contributed by atoms with Gasteiger partial charge in [0.2, 0.25) is 0 Å². The molecule has 0 spiro atoms. The number of pyridine rings is 1. The van der Waals surface area contributed by atoms with Gasteiger partial charge in [-0.25, -0.2) is 0 Å². The van der Waals surface area contributed by atoms with Crippen molar-refractivity contribution < 1.29 is 14.3 Å². The zero-order valence-corrected chi connectivity index (χ0v) is 17.9. The smallest absolute Gasteiger partial charge is 0.251 e. The summed E-state index contributed by atoms with van der Waals surface area (Å²) in [5, 5.41) is 5.94. The van der Waals surface area contributed by atoms with Crippen LogP contribution in [0.5, 0.6) is 5.75 Å². The van der Waals surface area contributed by atoms with E-state index in [-0.39, 0.29) is 17.9 Å². The summed E-state index contributed by atoms with van der Waals surface area (Å²) in [5.74, 6) is 1.16. The molecule has 32 heavy (non-hydrogen) atoms. The van der Waals surface area contributed by atoms with E-state index in [1.54, 1.807) is 18.5 Å². The van der Waals surface area contributed by atoms with Gasteiger partial charge in [-0.3, -0.25) is 14.6 Å². The summed E-state index contributed by atoms with van der Waals surface area (Å²) in [5.41, 5.74) is 5.10. The zero-order chi connectivity index (χ0) is 22.1. The molecule has 162 valence electrons. The molecule has 6 heteroatoms. The number of rotatable bonds is 6. The van der Waals surface area contributed by atoms with Gasteiger partial charge < -0.3 is 15.4 Å². The molecule has 1 aromatic heterocycles. The lowest BCUT2D eigenvalue weighted by molar-refractivity contribution is 0.0945. The van der Waals surface area contributed by atoms with E-state index in [0.29, 0.717) is 23.6 Å². The van der Waals surface area contributed by atoms with Gasteiger partial charge in [-0.1, -0.05) is 18.2 Å². The molecule has 2 aromatic carbocycles. The van der Waals surface area contributed by atoms with Gasteiger partial charge in [0.05, 0.1) is 6.20 Å². The monoisotopic (exact) mass is 427 g/mol. The van der Waals surface area contributed by atoms with E-state index in [1.807, 2.05) is 49.4 Å². The topological polar surface area (TPSA) is 80.3 Å². The van der Waals surface area contributed by atoms with Gasteiger partial charge in [-0.2, -0.15) is 0 Å². The summed E-state index contributed by atoms with van der Waals surface area (Å²) in [4.78, 5) is 29.3. The Morgan fingerprint density at radius 1 is 1.00 bits per heavy atom. The summed E-state index contributed by atoms with van der Waals surface area (Å²) in [6.07, 6.45) is 5.69. The number of hydrogen-bond donors (Lipinski definition) is 2. The average molecular weight is 428 g/mol. The number of benzene rings is 2. The molecule has 6 nitrogen and oxygen atoms in total. The first kappa shape index (κ1) is 20.2. The first-order valence-electron chi connectivity index (χ1n) is 11.0. The van der Waals surface area contributed by atoms with Crippen molar-refractivity contribution in [1.29, 1.82) is 0 Å².